The zero-order chi connectivity index (χ0) is 16.2. The number of aromatic nitrogens is 1. The van der Waals surface area contributed by atoms with Crippen molar-refractivity contribution in [1.82, 2.24) is 9.88 Å². The van der Waals surface area contributed by atoms with Gasteiger partial charge in [-0.15, -0.1) is 0 Å². The molecular weight excluding hydrogens is 284 g/mol. The van der Waals surface area contributed by atoms with Crippen LogP contribution in [0.15, 0.2) is 30.5 Å². The first kappa shape index (κ1) is 16.1. The van der Waals surface area contributed by atoms with Gasteiger partial charge in [-0.05, 0) is 49.7 Å². The van der Waals surface area contributed by atoms with Crippen LogP contribution in [0.1, 0.15) is 45.1 Å². The molecule has 1 aliphatic rings. The van der Waals surface area contributed by atoms with E-state index in [2.05, 4.69) is 54.2 Å². The lowest BCUT2D eigenvalue weighted by Crippen LogP contribution is -2.41. The van der Waals surface area contributed by atoms with Crippen LogP contribution in [0.3, 0.4) is 0 Å². The van der Waals surface area contributed by atoms with E-state index >= 15 is 0 Å². The number of likely N-dealkylation sites (tertiary alicyclic amines) is 1. The Bertz CT molecular complexity index is 648. The summed E-state index contributed by atoms with van der Waals surface area (Å²) in [7, 11) is 0. The Kier molecular flexibility index (Phi) is 5.04. The Morgan fingerprint density at radius 3 is 2.61 bits per heavy atom. The number of rotatable bonds is 5. The number of piperidine rings is 1. The molecule has 2 heterocycles. The van der Waals surface area contributed by atoms with E-state index in [1.807, 2.05) is 0 Å². The SMILES string of the molecule is CCC(CC)C(=O)N1CCC(Cc2c[nH]c3ccccc23)CC1. The molecule has 0 saturated carbocycles. The first-order valence-corrected chi connectivity index (χ1v) is 9.06. The van der Waals surface area contributed by atoms with Gasteiger partial charge < -0.3 is 9.88 Å². The summed E-state index contributed by atoms with van der Waals surface area (Å²) in [5.74, 6) is 1.29. The molecule has 1 fully saturated rings. The van der Waals surface area contributed by atoms with Crippen molar-refractivity contribution in [1.29, 1.82) is 0 Å². The number of para-hydroxylation sites is 1. The van der Waals surface area contributed by atoms with Crippen LogP contribution in [-0.2, 0) is 11.2 Å². The number of fused-ring (bicyclic) bond motifs is 1. The number of H-pyrrole nitrogens is 1. The fraction of sp³-hybridized carbons (Fsp3) is 0.550. The van der Waals surface area contributed by atoms with Gasteiger partial charge in [0.1, 0.15) is 0 Å². The predicted molar refractivity (Wildman–Crippen MR) is 95.4 cm³/mol. The largest absolute Gasteiger partial charge is 0.361 e. The standard InChI is InChI=1S/C20H28N2O/c1-3-16(4-2)20(23)22-11-9-15(10-12-22)13-17-14-21-19-8-6-5-7-18(17)19/h5-8,14-16,21H,3-4,9-13H2,1-2H3. The van der Waals surface area contributed by atoms with Crippen LogP contribution in [0.4, 0.5) is 0 Å². The molecule has 3 heteroatoms. The van der Waals surface area contributed by atoms with Gasteiger partial charge in [-0.1, -0.05) is 32.0 Å². The van der Waals surface area contributed by atoms with Crippen molar-refractivity contribution in [3.8, 4) is 0 Å². The first-order chi connectivity index (χ1) is 11.2. The maximum atomic E-state index is 12.5. The second-order valence-electron chi connectivity index (χ2n) is 6.85. The van der Waals surface area contributed by atoms with Crippen LogP contribution in [0, 0.1) is 11.8 Å². The second kappa shape index (κ2) is 7.20. The summed E-state index contributed by atoms with van der Waals surface area (Å²) in [6.45, 7) is 6.11. The molecule has 1 amide bonds. The van der Waals surface area contributed by atoms with Crippen molar-refractivity contribution in [3.05, 3.63) is 36.0 Å². The third-order valence-corrected chi connectivity index (χ3v) is 5.44. The number of hydrogen-bond acceptors (Lipinski definition) is 1. The highest BCUT2D eigenvalue weighted by Crippen LogP contribution is 2.27. The van der Waals surface area contributed by atoms with Gasteiger partial charge >= 0.3 is 0 Å². The first-order valence-electron chi connectivity index (χ1n) is 9.06. The minimum Gasteiger partial charge on any atom is -0.361 e. The van der Waals surface area contributed by atoms with Crippen LogP contribution >= 0.6 is 0 Å². The maximum Gasteiger partial charge on any atom is 0.225 e. The maximum absolute atomic E-state index is 12.5. The van der Waals surface area contributed by atoms with E-state index in [0.29, 0.717) is 11.8 Å². The Morgan fingerprint density at radius 2 is 1.91 bits per heavy atom. The van der Waals surface area contributed by atoms with Crippen LogP contribution in [-0.4, -0.2) is 28.9 Å². The van der Waals surface area contributed by atoms with Crippen LogP contribution in [0.25, 0.3) is 10.9 Å². The molecule has 0 radical (unpaired) electrons. The Morgan fingerprint density at radius 1 is 1.22 bits per heavy atom. The van der Waals surface area contributed by atoms with E-state index in [0.717, 1.165) is 45.2 Å². The van der Waals surface area contributed by atoms with E-state index in [4.69, 9.17) is 0 Å². The van der Waals surface area contributed by atoms with Crippen molar-refractivity contribution in [2.45, 2.75) is 46.0 Å². The molecule has 1 N–H and O–H groups in total. The molecule has 3 nitrogen and oxygen atoms in total. The van der Waals surface area contributed by atoms with Gasteiger partial charge in [0.2, 0.25) is 5.91 Å². The average molecular weight is 312 g/mol. The predicted octanol–water partition coefficient (Wildman–Crippen LogP) is 4.39. The number of amides is 1. The highest BCUT2D eigenvalue weighted by atomic mass is 16.2. The number of hydrogen-bond donors (Lipinski definition) is 1. The lowest BCUT2D eigenvalue weighted by molar-refractivity contribution is -0.137. The van der Waals surface area contributed by atoms with Gasteiger partial charge in [0.25, 0.3) is 0 Å². The van der Waals surface area contributed by atoms with Gasteiger partial charge in [0.15, 0.2) is 0 Å². The number of nitrogens with zero attached hydrogens (tertiary/aromatic N) is 1. The van der Waals surface area contributed by atoms with Crippen molar-refractivity contribution in [2.24, 2.45) is 11.8 Å². The summed E-state index contributed by atoms with van der Waals surface area (Å²) in [6, 6.07) is 8.52. The average Bonchev–Trinajstić information content (AvgIpc) is 3.00. The monoisotopic (exact) mass is 312 g/mol. The van der Waals surface area contributed by atoms with E-state index in [9.17, 15) is 4.79 Å². The molecule has 1 aliphatic heterocycles. The van der Waals surface area contributed by atoms with Gasteiger partial charge in [-0.2, -0.15) is 0 Å². The molecule has 1 aromatic carbocycles. The summed E-state index contributed by atoms with van der Waals surface area (Å²) in [5.41, 5.74) is 2.65. The number of nitrogens with one attached hydrogen (secondary N) is 1. The molecule has 0 bridgehead atoms. The minimum absolute atomic E-state index is 0.222. The zero-order valence-corrected chi connectivity index (χ0v) is 14.3. The Labute approximate surface area is 139 Å². The topological polar surface area (TPSA) is 36.1 Å². The molecule has 3 rings (SSSR count). The van der Waals surface area contributed by atoms with E-state index in [-0.39, 0.29) is 5.92 Å². The minimum atomic E-state index is 0.222. The van der Waals surface area contributed by atoms with E-state index < -0.39 is 0 Å². The van der Waals surface area contributed by atoms with E-state index in [1.54, 1.807) is 0 Å². The third-order valence-electron chi connectivity index (χ3n) is 5.44. The fourth-order valence-electron chi connectivity index (χ4n) is 3.87. The summed E-state index contributed by atoms with van der Waals surface area (Å²) in [4.78, 5) is 18.0. The van der Waals surface area contributed by atoms with Crippen LogP contribution in [0.2, 0.25) is 0 Å². The molecule has 0 aliphatic carbocycles. The highest BCUT2D eigenvalue weighted by Gasteiger charge is 2.26. The normalized spacial score (nSPS) is 16.4. The molecule has 2 aromatic rings. The quantitative estimate of drug-likeness (QED) is 0.873. The van der Waals surface area contributed by atoms with Crippen molar-refractivity contribution in [2.75, 3.05) is 13.1 Å². The van der Waals surface area contributed by atoms with E-state index in [1.165, 1.54) is 16.5 Å². The zero-order valence-electron chi connectivity index (χ0n) is 14.3. The third kappa shape index (κ3) is 3.44. The number of benzene rings is 1. The molecule has 1 saturated heterocycles. The smallest absolute Gasteiger partial charge is 0.225 e. The molecular formula is C20H28N2O. The number of aromatic amines is 1. The molecule has 1 aromatic heterocycles. The summed E-state index contributed by atoms with van der Waals surface area (Å²) >= 11 is 0. The molecule has 124 valence electrons. The van der Waals surface area contributed by atoms with Gasteiger partial charge in [-0.3, -0.25) is 4.79 Å². The van der Waals surface area contributed by atoms with Gasteiger partial charge in [-0.25, -0.2) is 0 Å². The van der Waals surface area contributed by atoms with Crippen molar-refractivity contribution in [3.63, 3.8) is 0 Å². The second-order valence-corrected chi connectivity index (χ2v) is 6.85. The summed E-state index contributed by atoms with van der Waals surface area (Å²) < 4.78 is 0. The molecule has 0 spiro atoms. The summed E-state index contributed by atoms with van der Waals surface area (Å²) in [6.07, 6.45) is 7.47. The van der Waals surface area contributed by atoms with Gasteiger partial charge in [0.05, 0.1) is 0 Å². The Hall–Kier alpha value is -1.77. The molecule has 0 unspecified atom stereocenters. The van der Waals surface area contributed by atoms with Crippen molar-refractivity contribution < 1.29 is 4.79 Å². The summed E-state index contributed by atoms with van der Waals surface area (Å²) in [5, 5.41) is 1.35. The molecule has 23 heavy (non-hydrogen) atoms. The van der Waals surface area contributed by atoms with Crippen LogP contribution < -0.4 is 0 Å². The van der Waals surface area contributed by atoms with Crippen molar-refractivity contribution >= 4 is 16.8 Å². The fourth-order valence-corrected chi connectivity index (χ4v) is 3.87. The Balaban J connectivity index is 1.58. The lowest BCUT2D eigenvalue weighted by Gasteiger charge is -2.34. The number of carbonyl (C=O) groups is 1. The highest BCUT2D eigenvalue weighted by molar-refractivity contribution is 5.83. The lowest BCUT2D eigenvalue weighted by atomic mass is 9.89. The number of carbonyl (C=O) groups excluding carboxylic acids is 1. The van der Waals surface area contributed by atoms with Gasteiger partial charge in [0, 0.05) is 36.1 Å². The molecule has 0 atom stereocenters. The van der Waals surface area contributed by atoms with Crippen LogP contribution in [0.5, 0.6) is 0 Å².